The van der Waals surface area contributed by atoms with Crippen molar-refractivity contribution in [3.8, 4) is 0 Å². The van der Waals surface area contributed by atoms with Gasteiger partial charge in [-0.3, -0.25) is 5.43 Å². The highest BCUT2D eigenvalue weighted by Gasteiger charge is 2.04. The van der Waals surface area contributed by atoms with Gasteiger partial charge in [0, 0.05) is 13.1 Å². The lowest BCUT2D eigenvalue weighted by atomic mass is 10.3. The molecule has 0 rings (SSSR count). The molecule has 77 valence electrons. The molecule has 4 heteroatoms. The van der Waals surface area contributed by atoms with E-state index < -0.39 is 6.03 Å². The topological polar surface area (TPSA) is 56.1 Å². The first-order valence-electron chi connectivity index (χ1n) is 4.97. The molecule has 0 aromatic heterocycles. The Morgan fingerprint density at radius 1 is 1.23 bits per heavy atom. The van der Waals surface area contributed by atoms with E-state index in [4.69, 9.17) is 5.73 Å². The van der Waals surface area contributed by atoms with Crippen molar-refractivity contribution in [3.05, 3.63) is 0 Å². The van der Waals surface area contributed by atoms with E-state index >= 15 is 0 Å². The van der Waals surface area contributed by atoms with Gasteiger partial charge >= 0.3 is 6.03 Å². The summed E-state index contributed by atoms with van der Waals surface area (Å²) < 4.78 is 0. The smallest absolute Gasteiger partial charge is 0.269 e. The van der Waals surface area contributed by atoms with Gasteiger partial charge in [-0.2, -0.15) is 0 Å². The fourth-order valence-corrected chi connectivity index (χ4v) is 1.07. The molecule has 2 amide bonds. The van der Waals surface area contributed by atoms with Gasteiger partial charge in [0.1, 0.15) is 0 Å². The van der Waals surface area contributed by atoms with E-state index in [1.54, 1.807) is 0 Å². The molecule has 0 aromatic rings. The van der Waals surface area contributed by atoms with E-state index in [0.29, 0.717) is 0 Å². The number of nitrogens with one attached hydrogen (secondary N) is 2. The molecule has 0 spiro atoms. The van der Waals surface area contributed by atoms with E-state index in [-0.39, 0.29) is 0 Å². The lowest BCUT2D eigenvalue weighted by Gasteiger charge is -2.20. The fraction of sp³-hybridized carbons (Fsp3) is 0.889. The highest BCUT2D eigenvalue weighted by Crippen LogP contribution is 1.95. The van der Waals surface area contributed by atoms with Gasteiger partial charge in [-0.15, -0.1) is 0 Å². The highest BCUT2D eigenvalue weighted by atomic mass is 16.2. The molecule has 0 saturated carbocycles. The Morgan fingerprint density at radius 2 is 1.69 bits per heavy atom. The summed E-state index contributed by atoms with van der Waals surface area (Å²) in [4.78, 5) is 10.5. The maximum atomic E-state index is 10.5. The molecule has 0 fully saturated rings. The molecule has 0 aromatic carbocycles. The quantitative estimate of drug-likeness (QED) is 0.616. The van der Waals surface area contributed by atoms with E-state index in [1.165, 1.54) is 0 Å². The van der Waals surface area contributed by atoms with Gasteiger partial charge in [0.05, 0.1) is 0 Å². The SMILES string of the molecule is CCCCN(CCCC)NC([NH])=O. The first-order valence-corrected chi connectivity index (χ1v) is 4.97. The van der Waals surface area contributed by atoms with Crippen LogP contribution in [0.5, 0.6) is 0 Å². The average Bonchev–Trinajstić information content (AvgIpc) is 2.09. The molecule has 0 heterocycles. The van der Waals surface area contributed by atoms with Gasteiger partial charge < -0.3 is 0 Å². The monoisotopic (exact) mass is 186 g/mol. The largest absolute Gasteiger partial charge is 0.348 e. The zero-order valence-electron chi connectivity index (χ0n) is 8.60. The lowest BCUT2D eigenvalue weighted by Crippen LogP contribution is -2.43. The van der Waals surface area contributed by atoms with Gasteiger partial charge in [0.15, 0.2) is 0 Å². The summed E-state index contributed by atoms with van der Waals surface area (Å²) in [5.74, 6) is 0. The molecular weight excluding hydrogens is 166 g/mol. The van der Waals surface area contributed by atoms with Crippen molar-refractivity contribution >= 4 is 6.03 Å². The Balaban J connectivity index is 3.66. The van der Waals surface area contributed by atoms with Crippen LogP contribution in [0, 0.1) is 0 Å². The van der Waals surface area contributed by atoms with Crippen LogP contribution < -0.4 is 11.2 Å². The third kappa shape index (κ3) is 7.59. The predicted molar refractivity (Wildman–Crippen MR) is 53.0 cm³/mol. The van der Waals surface area contributed by atoms with Crippen LogP contribution in [0.15, 0.2) is 0 Å². The molecule has 0 unspecified atom stereocenters. The number of hydrogen-bond donors (Lipinski definition) is 1. The normalized spacial score (nSPS) is 10.4. The van der Waals surface area contributed by atoms with Gasteiger partial charge in [-0.1, -0.05) is 26.7 Å². The Bertz CT molecular complexity index is 131. The molecule has 4 nitrogen and oxygen atoms in total. The van der Waals surface area contributed by atoms with Crippen LogP contribution in [-0.4, -0.2) is 24.1 Å². The first-order chi connectivity index (χ1) is 6.20. The number of hydrazine groups is 1. The number of unbranched alkanes of at least 4 members (excludes halogenated alkanes) is 2. The minimum absolute atomic E-state index is 0.716. The van der Waals surface area contributed by atoms with Crippen LogP contribution in [0.1, 0.15) is 39.5 Å². The molecule has 0 aliphatic heterocycles. The van der Waals surface area contributed by atoms with Crippen molar-refractivity contribution in [1.82, 2.24) is 16.2 Å². The minimum Gasteiger partial charge on any atom is -0.269 e. The van der Waals surface area contributed by atoms with Crippen LogP contribution in [0.4, 0.5) is 4.79 Å². The van der Waals surface area contributed by atoms with Crippen LogP contribution in [0.25, 0.3) is 0 Å². The Hall–Kier alpha value is -0.770. The number of urea groups is 1. The van der Waals surface area contributed by atoms with Crippen molar-refractivity contribution in [3.63, 3.8) is 0 Å². The highest BCUT2D eigenvalue weighted by molar-refractivity contribution is 5.70. The lowest BCUT2D eigenvalue weighted by molar-refractivity contribution is 0.178. The summed E-state index contributed by atoms with van der Waals surface area (Å²) in [6.07, 6.45) is 4.33. The third-order valence-corrected chi connectivity index (χ3v) is 1.82. The maximum absolute atomic E-state index is 10.5. The van der Waals surface area contributed by atoms with E-state index in [0.717, 1.165) is 38.8 Å². The number of rotatable bonds is 7. The first kappa shape index (κ1) is 12.2. The van der Waals surface area contributed by atoms with Crippen molar-refractivity contribution in [1.29, 1.82) is 0 Å². The summed E-state index contributed by atoms with van der Waals surface area (Å²) in [5, 5.41) is 1.84. The average molecular weight is 186 g/mol. The summed E-state index contributed by atoms with van der Waals surface area (Å²) in [7, 11) is 0. The summed E-state index contributed by atoms with van der Waals surface area (Å²) in [5.41, 5.74) is 9.30. The van der Waals surface area contributed by atoms with Crippen LogP contribution in [0.2, 0.25) is 0 Å². The summed E-state index contributed by atoms with van der Waals surface area (Å²) in [6.45, 7) is 5.92. The molecular formula is C9H20N3O. The van der Waals surface area contributed by atoms with E-state index in [2.05, 4.69) is 19.3 Å². The number of carbonyl (C=O) groups excluding carboxylic acids is 1. The standard InChI is InChI=1S/C9H20N3O/c1-3-5-7-12(8-6-4-2)11-9(10)13/h10H,3-8H2,1-2H3,(H,11,13). The Labute approximate surface area is 80.4 Å². The van der Waals surface area contributed by atoms with Crippen molar-refractivity contribution in [2.75, 3.05) is 13.1 Å². The minimum atomic E-state index is -0.716. The molecule has 0 bridgehead atoms. The van der Waals surface area contributed by atoms with Gasteiger partial charge in [-0.05, 0) is 12.8 Å². The molecule has 0 atom stereocenters. The molecule has 0 aliphatic carbocycles. The molecule has 0 saturated heterocycles. The predicted octanol–water partition coefficient (Wildman–Crippen LogP) is 1.80. The second-order valence-corrected chi connectivity index (χ2v) is 3.14. The molecule has 1 radical (unpaired) electrons. The summed E-state index contributed by atoms with van der Waals surface area (Å²) in [6, 6.07) is -0.716. The van der Waals surface area contributed by atoms with Gasteiger partial charge in [0.25, 0.3) is 0 Å². The number of carbonyl (C=O) groups is 1. The maximum Gasteiger partial charge on any atom is 0.348 e. The molecule has 13 heavy (non-hydrogen) atoms. The zero-order valence-corrected chi connectivity index (χ0v) is 8.60. The zero-order chi connectivity index (χ0) is 10.1. The van der Waals surface area contributed by atoms with Crippen LogP contribution in [-0.2, 0) is 0 Å². The second-order valence-electron chi connectivity index (χ2n) is 3.14. The van der Waals surface area contributed by atoms with Crippen molar-refractivity contribution in [2.45, 2.75) is 39.5 Å². The van der Waals surface area contributed by atoms with Crippen molar-refractivity contribution < 1.29 is 4.79 Å². The fourth-order valence-electron chi connectivity index (χ4n) is 1.07. The van der Waals surface area contributed by atoms with Crippen LogP contribution in [0.3, 0.4) is 0 Å². The number of amides is 2. The van der Waals surface area contributed by atoms with E-state index in [9.17, 15) is 4.79 Å². The molecule has 0 aliphatic rings. The Morgan fingerprint density at radius 3 is 2.00 bits per heavy atom. The summed E-state index contributed by atoms with van der Waals surface area (Å²) >= 11 is 0. The number of nitrogens with zero attached hydrogens (tertiary/aromatic N) is 1. The number of hydrogen-bond acceptors (Lipinski definition) is 2. The van der Waals surface area contributed by atoms with Gasteiger partial charge in [-0.25, -0.2) is 15.5 Å². The Kier molecular flexibility index (Phi) is 7.39. The van der Waals surface area contributed by atoms with Gasteiger partial charge in [0.2, 0.25) is 0 Å². The van der Waals surface area contributed by atoms with Crippen molar-refractivity contribution in [2.24, 2.45) is 0 Å². The van der Waals surface area contributed by atoms with E-state index in [1.807, 2.05) is 5.01 Å². The third-order valence-electron chi connectivity index (χ3n) is 1.82. The van der Waals surface area contributed by atoms with Crippen LogP contribution >= 0.6 is 0 Å². The second kappa shape index (κ2) is 7.86. The molecule has 2 N–H and O–H groups in total.